The van der Waals surface area contributed by atoms with Crippen molar-refractivity contribution >= 4 is 28.9 Å². The molecule has 0 saturated carbocycles. The van der Waals surface area contributed by atoms with Crippen molar-refractivity contribution in [2.24, 2.45) is 5.92 Å². The summed E-state index contributed by atoms with van der Waals surface area (Å²) in [6.07, 6.45) is 0. The summed E-state index contributed by atoms with van der Waals surface area (Å²) in [6.45, 7) is 7.50. The maximum Gasteiger partial charge on any atom is 0.174 e. The number of rotatable bonds is 6. The first-order valence-corrected chi connectivity index (χ1v) is 6.33. The smallest absolute Gasteiger partial charge is 0.174 e. The molecule has 0 fully saturated rings. The Morgan fingerprint density at radius 2 is 2.06 bits per heavy atom. The quantitative estimate of drug-likeness (QED) is 0.867. The van der Waals surface area contributed by atoms with Crippen molar-refractivity contribution in [2.45, 2.75) is 26.8 Å². The van der Waals surface area contributed by atoms with Crippen LogP contribution in [0.5, 0.6) is 0 Å². The molecule has 0 aliphatic carbocycles. The molecule has 17 heavy (non-hydrogen) atoms. The van der Waals surface area contributed by atoms with Gasteiger partial charge in [-0.05, 0) is 12.8 Å². The second-order valence-corrected chi connectivity index (χ2v) is 4.77. The first kappa shape index (κ1) is 14.5. The highest BCUT2D eigenvalue weighted by atomic mass is 35.5. The van der Waals surface area contributed by atoms with E-state index < -0.39 is 0 Å². The average molecular weight is 278 g/mol. The Morgan fingerprint density at radius 1 is 1.35 bits per heavy atom. The number of anilines is 1. The van der Waals surface area contributed by atoms with E-state index in [4.69, 9.17) is 27.9 Å². The molecule has 0 saturated heterocycles. The van der Waals surface area contributed by atoms with Crippen molar-refractivity contribution < 1.29 is 4.74 Å². The number of hydrogen-bond donors (Lipinski definition) is 1. The first-order chi connectivity index (χ1) is 8.04. The lowest BCUT2D eigenvalue weighted by atomic mass is 10.1. The van der Waals surface area contributed by atoms with Gasteiger partial charge < -0.3 is 10.1 Å². The Kier molecular flexibility index (Phi) is 5.95. The van der Waals surface area contributed by atoms with Crippen LogP contribution >= 0.6 is 23.2 Å². The zero-order chi connectivity index (χ0) is 12.8. The van der Waals surface area contributed by atoms with Gasteiger partial charge in [-0.1, -0.05) is 37.0 Å². The maximum absolute atomic E-state index is 5.94. The lowest BCUT2D eigenvalue weighted by molar-refractivity contribution is 0.127. The van der Waals surface area contributed by atoms with Gasteiger partial charge in [-0.3, -0.25) is 0 Å². The molecular weight excluding hydrogens is 261 g/mol. The van der Waals surface area contributed by atoms with E-state index in [-0.39, 0.29) is 6.04 Å². The molecule has 6 heteroatoms. The van der Waals surface area contributed by atoms with E-state index in [1.165, 1.54) is 0 Å². The predicted molar refractivity (Wildman–Crippen MR) is 70.8 cm³/mol. The summed E-state index contributed by atoms with van der Waals surface area (Å²) in [6, 6.07) is 1.82. The predicted octanol–water partition coefficient (Wildman–Crippen LogP) is 3.26. The largest absolute Gasteiger partial charge is 0.380 e. The molecule has 1 atom stereocenters. The molecule has 0 aromatic carbocycles. The van der Waals surface area contributed by atoms with Crippen LogP contribution in [0.25, 0.3) is 0 Å². The fraction of sp³-hybridized carbons (Fsp3) is 0.636. The highest BCUT2D eigenvalue weighted by molar-refractivity contribution is 6.33. The second kappa shape index (κ2) is 6.99. The van der Waals surface area contributed by atoms with Crippen LogP contribution in [0.4, 0.5) is 5.69 Å². The Morgan fingerprint density at radius 3 is 2.65 bits per heavy atom. The Labute approximate surface area is 112 Å². The van der Waals surface area contributed by atoms with Gasteiger partial charge in [0.1, 0.15) is 0 Å². The summed E-state index contributed by atoms with van der Waals surface area (Å²) in [7, 11) is 0. The molecule has 4 nitrogen and oxygen atoms in total. The molecule has 0 aliphatic heterocycles. The van der Waals surface area contributed by atoms with E-state index >= 15 is 0 Å². The highest BCUT2D eigenvalue weighted by Crippen LogP contribution is 2.23. The van der Waals surface area contributed by atoms with Gasteiger partial charge >= 0.3 is 0 Å². The molecular formula is C11H17Cl2N3O. The second-order valence-electron chi connectivity index (χ2n) is 4.03. The molecule has 1 aromatic rings. The molecule has 96 valence electrons. The van der Waals surface area contributed by atoms with Crippen molar-refractivity contribution in [3.63, 3.8) is 0 Å². The van der Waals surface area contributed by atoms with Crippen molar-refractivity contribution in [1.82, 2.24) is 10.2 Å². The number of nitrogens with one attached hydrogen (secondary N) is 1. The van der Waals surface area contributed by atoms with E-state index in [0.29, 0.717) is 35.1 Å². The van der Waals surface area contributed by atoms with Crippen molar-refractivity contribution in [3.8, 4) is 0 Å². The zero-order valence-electron chi connectivity index (χ0n) is 10.2. The summed E-state index contributed by atoms with van der Waals surface area (Å²) in [5.74, 6) is 0.407. The summed E-state index contributed by atoms with van der Waals surface area (Å²) in [5.41, 5.74) is 0.685. The molecule has 0 amide bonds. The maximum atomic E-state index is 5.94. The molecule has 0 spiro atoms. The van der Waals surface area contributed by atoms with Gasteiger partial charge in [0.15, 0.2) is 10.3 Å². The Bertz CT molecular complexity index is 361. The molecule has 1 unspecified atom stereocenters. The van der Waals surface area contributed by atoms with Crippen LogP contribution in [0, 0.1) is 5.92 Å². The molecule has 1 N–H and O–H groups in total. The van der Waals surface area contributed by atoms with E-state index in [9.17, 15) is 0 Å². The van der Waals surface area contributed by atoms with Gasteiger partial charge in [0, 0.05) is 12.7 Å². The minimum absolute atomic E-state index is 0.160. The van der Waals surface area contributed by atoms with Gasteiger partial charge in [-0.2, -0.15) is 0 Å². The highest BCUT2D eigenvalue weighted by Gasteiger charge is 2.15. The van der Waals surface area contributed by atoms with Crippen LogP contribution in [-0.2, 0) is 4.74 Å². The third-order valence-corrected chi connectivity index (χ3v) is 2.83. The number of halogens is 2. The fourth-order valence-corrected chi connectivity index (χ4v) is 1.59. The van der Waals surface area contributed by atoms with E-state index in [1.54, 1.807) is 6.07 Å². The summed E-state index contributed by atoms with van der Waals surface area (Å²) in [4.78, 5) is 0. The van der Waals surface area contributed by atoms with Crippen LogP contribution in [0.1, 0.15) is 20.8 Å². The van der Waals surface area contributed by atoms with Crippen LogP contribution in [-0.4, -0.2) is 29.5 Å². The summed E-state index contributed by atoms with van der Waals surface area (Å²) < 4.78 is 5.42. The average Bonchev–Trinajstić information content (AvgIpc) is 2.28. The Balaban J connectivity index is 2.74. The SMILES string of the molecule is CCOCC(Nc1cc(Cl)nnc1Cl)C(C)C. The zero-order valence-corrected chi connectivity index (χ0v) is 11.7. The third kappa shape index (κ3) is 4.66. The lowest BCUT2D eigenvalue weighted by Crippen LogP contribution is -2.31. The molecule has 0 aliphatic rings. The number of ether oxygens (including phenoxy) is 1. The van der Waals surface area contributed by atoms with Gasteiger partial charge in [-0.25, -0.2) is 0 Å². The van der Waals surface area contributed by atoms with Crippen molar-refractivity contribution in [3.05, 3.63) is 16.4 Å². The topological polar surface area (TPSA) is 47.0 Å². The molecule has 1 aromatic heterocycles. The minimum atomic E-state index is 0.160. The monoisotopic (exact) mass is 277 g/mol. The lowest BCUT2D eigenvalue weighted by Gasteiger charge is -2.23. The third-order valence-electron chi connectivity index (χ3n) is 2.37. The van der Waals surface area contributed by atoms with Crippen LogP contribution in [0.3, 0.4) is 0 Å². The van der Waals surface area contributed by atoms with Crippen molar-refractivity contribution in [1.29, 1.82) is 0 Å². The number of nitrogens with zero attached hydrogens (tertiary/aromatic N) is 2. The van der Waals surface area contributed by atoms with E-state index in [2.05, 4.69) is 29.4 Å². The van der Waals surface area contributed by atoms with Crippen molar-refractivity contribution in [2.75, 3.05) is 18.5 Å². The van der Waals surface area contributed by atoms with Crippen LogP contribution in [0.2, 0.25) is 10.3 Å². The minimum Gasteiger partial charge on any atom is -0.380 e. The Hall–Kier alpha value is -0.580. The van der Waals surface area contributed by atoms with Crippen LogP contribution in [0.15, 0.2) is 6.07 Å². The van der Waals surface area contributed by atoms with Gasteiger partial charge in [0.2, 0.25) is 0 Å². The van der Waals surface area contributed by atoms with E-state index in [1.807, 2.05) is 6.92 Å². The fourth-order valence-electron chi connectivity index (χ4n) is 1.30. The standard InChI is InChI=1S/C11H17Cl2N3O/c1-4-17-6-9(7(2)3)14-8-5-10(12)15-16-11(8)13/h5,7,9H,4,6H2,1-3H3,(H,14,15). The van der Waals surface area contributed by atoms with E-state index in [0.717, 1.165) is 0 Å². The van der Waals surface area contributed by atoms with Gasteiger partial charge in [-0.15, -0.1) is 10.2 Å². The number of aromatic nitrogens is 2. The summed E-state index contributed by atoms with van der Waals surface area (Å²) in [5, 5.41) is 11.3. The normalized spacial score (nSPS) is 12.8. The molecule has 1 rings (SSSR count). The van der Waals surface area contributed by atoms with Gasteiger partial charge in [0.05, 0.1) is 18.3 Å². The number of hydrogen-bond acceptors (Lipinski definition) is 4. The molecule has 0 bridgehead atoms. The molecule has 1 heterocycles. The summed E-state index contributed by atoms with van der Waals surface area (Å²) >= 11 is 11.7. The first-order valence-electron chi connectivity index (χ1n) is 5.57. The van der Waals surface area contributed by atoms with Crippen LogP contribution < -0.4 is 5.32 Å². The molecule has 0 radical (unpaired) electrons. The van der Waals surface area contributed by atoms with Gasteiger partial charge in [0.25, 0.3) is 0 Å².